The molecule has 4 aromatic rings. The molecule has 0 aliphatic carbocycles. The Hall–Kier alpha value is -3.09. The third kappa shape index (κ3) is 3.95. The molecule has 178 valence electrons. The van der Waals surface area contributed by atoms with Gasteiger partial charge in [0.1, 0.15) is 11.4 Å². The number of rotatable bonds is 4. The topological polar surface area (TPSA) is 47.4 Å². The predicted molar refractivity (Wildman–Crippen MR) is 139 cm³/mol. The van der Waals surface area contributed by atoms with Gasteiger partial charge in [0.05, 0.1) is 11.9 Å². The highest BCUT2D eigenvalue weighted by Gasteiger charge is 2.46. The van der Waals surface area contributed by atoms with Crippen molar-refractivity contribution in [1.82, 2.24) is 14.7 Å². The van der Waals surface area contributed by atoms with Crippen LogP contribution in [0.2, 0.25) is 5.02 Å². The van der Waals surface area contributed by atoms with Crippen LogP contribution in [0.25, 0.3) is 11.3 Å². The van der Waals surface area contributed by atoms with Gasteiger partial charge in [-0.25, -0.2) is 0 Å². The summed E-state index contributed by atoms with van der Waals surface area (Å²) in [6.45, 7) is 1.25. The molecule has 0 unspecified atom stereocenters. The zero-order valence-electron chi connectivity index (χ0n) is 19.5. The minimum Gasteiger partial charge on any atom is -0.482 e. The van der Waals surface area contributed by atoms with Crippen LogP contribution in [0.15, 0.2) is 66.2 Å². The Bertz CT molecular complexity index is 1390. The first-order valence-electron chi connectivity index (χ1n) is 11.9. The lowest BCUT2D eigenvalue weighted by molar-refractivity contribution is -0.00175. The number of amides is 1. The van der Waals surface area contributed by atoms with Gasteiger partial charge < -0.3 is 9.64 Å². The van der Waals surface area contributed by atoms with Crippen LogP contribution in [0.3, 0.4) is 0 Å². The van der Waals surface area contributed by atoms with Crippen molar-refractivity contribution in [2.75, 3.05) is 13.1 Å². The SMILES string of the molecule is Cn1ncc2c1-c1ccccc1OC21CCN(C(=O)c2ccc(Cl)cc2CCc2cccs2)CC1. The zero-order chi connectivity index (χ0) is 24.0. The monoisotopic (exact) mass is 503 g/mol. The van der Waals surface area contributed by atoms with Crippen LogP contribution in [0, 0.1) is 0 Å². The highest BCUT2D eigenvalue weighted by atomic mass is 35.5. The van der Waals surface area contributed by atoms with E-state index in [1.165, 1.54) is 4.88 Å². The Labute approximate surface area is 213 Å². The van der Waals surface area contributed by atoms with E-state index < -0.39 is 5.60 Å². The average molecular weight is 504 g/mol. The van der Waals surface area contributed by atoms with Crippen LogP contribution in [0.5, 0.6) is 5.75 Å². The number of hydrogen-bond acceptors (Lipinski definition) is 4. The molecule has 2 aliphatic heterocycles. The molecule has 7 heteroatoms. The number of halogens is 1. The Morgan fingerprint density at radius 2 is 1.94 bits per heavy atom. The minimum atomic E-state index is -0.462. The van der Waals surface area contributed by atoms with Crippen molar-refractivity contribution in [3.63, 3.8) is 0 Å². The zero-order valence-corrected chi connectivity index (χ0v) is 21.1. The molecule has 2 aromatic carbocycles. The highest BCUT2D eigenvalue weighted by Crippen LogP contribution is 2.49. The van der Waals surface area contributed by atoms with Crippen LogP contribution >= 0.6 is 22.9 Å². The maximum absolute atomic E-state index is 13.6. The number of carbonyl (C=O) groups is 1. The summed E-state index contributed by atoms with van der Waals surface area (Å²) in [6, 6.07) is 18.0. The lowest BCUT2D eigenvalue weighted by Gasteiger charge is -2.44. The Kier molecular flexibility index (Phi) is 5.66. The molecule has 0 saturated carbocycles. The molecule has 0 atom stereocenters. The summed E-state index contributed by atoms with van der Waals surface area (Å²) in [5, 5.41) is 7.31. The summed E-state index contributed by atoms with van der Waals surface area (Å²) in [6.07, 6.45) is 5.08. The summed E-state index contributed by atoms with van der Waals surface area (Å²) in [7, 11) is 1.98. The maximum atomic E-state index is 13.6. The first-order valence-corrected chi connectivity index (χ1v) is 13.2. The largest absolute Gasteiger partial charge is 0.482 e. The average Bonchev–Trinajstić information content (AvgIpc) is 3.54. The minimum absolute atomic E-state index is 0.0697. The van der Waals surface area contributed by atoms with E-state index in [-0.39, 0.29) is 5.91 Å². The predicted octanol–water partition coefficient (Wildman–Crippen LogP) is 6.11. The Morgan fingerprint density at radius 3 is 2.74 bits per heavy atom. The molecular weight excluding hydrogens is 478 g/mol. The fourth-order valence-corrected chi connectivity index (χ4v) is 6.31. The summed E-state index contributed by atoms with van der Waals surface area (Å²) >= 11 is 8.05. The maximum Gasteiger partial charge on any atom is 0.254 e. The quantitative estimate of drug-likeness (QED) is 0.337. The van der Waals surface area contributed by atoms with E-state index >= 15 is 0 Å². The number of aryl methyl sites for hydroxylation is 3. The molecule has 6 rings (SSSR count). The number of hydrogen-bond donors (Lipinski definition) is 0. The molecule has 1 amide bonds. The van der Waals surface area contributed by atoms with E-state index in [1.807, 2.05) is 59.2 Å². The number of thiophene rings is 1. The lowest BCUT2D eigenvalue weighted by Crippen LogP contribution is -2.49. The molecule has 0 bridgehead atoms. The van der Waals surface area contributed by atoms with Crippen molar-refractivity contribution in [2.45, 2.75) is 31.3 Å². The van der Waals surface area contributed by atoms with Crippen molar-refractivity contribution >= 4 is 28.8 Å². The second kappa shape index (κ2) is 8.85. The van der Waals surface area contributed by atoms with Crippen molar-refractivity contribution in [1.29, 1.82) is 0 Å². The van der Waals surface area contributed by atoms with E-state index in [9.17, 15) is 4.79 Å². The third-order valence-electron chi connectivity index (χ3n) is 7.25. The number of para-hydroxylation sites is 1. The van der Waals surface area contributed by atoms with Gasteiger partial charge in [-0.3, -0.25) is 9.48 Å². The summed E-state index contributed by atoms with van der Waals surface area (Å²) in [5.74, 6) is 0.956. The fraction of sp³-hybridized carbons (Fsp3) is 0.286. The molecule has 4 heterocycles. The number of nitrogens with zero attached hydrogens (tertiary/aromatic N) is 3. The number of benzene rings is 2. The summed E-state index contributed by atoms with van der Waals surface area (Å²) < 4.78 is 8.58. The molecule has 2 aromatic heterocycles. The standard InChI is InChI=1S/C28H26ClN3O2S/c1-31-26-23-6-2-3-7-25(23)34-28(24(26)18-30-31)12-14-32(15-13-28)27(33)22-11-9-20(29)17-19(22)8-10-21-5-4-16-35-21/h2-7,9,11,16-18H,8,10,12-15H2,1H3. The molecule has 35 heavy (non-hydrogen) atoms. The molecule has 0 radical (unpaired) electrons. The normalized spacial score (nSPS) is 16.0. The number of ether oxygens (including phenoxy) is 1. The highest BCUT2D eigenvalue weighted by molar-refractivity contribution is 7.09. The van der Waals surface area contributed by atoms with Crippen molar-refractivity contribution in [3.8, 4) is 17.0 Å². The Morgan fingerprint density at radius 1 is 1.11 bits per heavy atom. The van der Waals surface area contributed by atoms with Crippen LogP contribution < -0.4 is 4.74 Å². The van der Waals surface area contributed by atoms with Gasteiger partial charge in [0.25, 0.3) is 5.91 Å². The van der Waals surface area contributed by atoms with Crippen LogP contribution in [0.1, 0.15) is 39.2 Å². The number of carbonyl (C=O) groups excluding carboxylic acids is 1. The number of aromatic nitrogens is 2. The first kappa shape index (κ1) is 22.4. The van der Waals surface area contributed by atoms with Gasteiger partial charge in [-0.1, -0.05) is 29.8 Å². The van der Waals surface area contributed by atoms with E-state index in [2.05, 4.69) is 28.7 Å². The summed E-state index contributed by atoms with van der Waals surface area (Å²) in [5.41, 5.74) is 4.60. The van der Waals surface area contributed by atoms with E-state index in [1.54, 1.807) is 11.3 Å². The number of fused-ring (bicyclic) bond motifs is 4. The molecule has 1 saturated heterocycles. The number of piperidine rings is 1. The number of likely N-dealkylation sites (tertiary alicyclic amines) is 1. The van der Waals surface area contributed by atoms with Crippen LogP contribution in [0.4, 0.5) is 0 Å². The first-order chi connectivity index (χ1) is 17.0. The van der Waals surface area contributed by atoms with Crippen LogP contribution in [-0.2, 0) is 25.5 Å². The molecular formula is C28H26ClN3O2S. The van der Waals surface area contributed by atoms with Crippen LogP contribution in [-0.4, -0.2) is 33.7 Å². The van der Waals surface area contributed by atoms with E-state index in [0.717, 1.165) is 59.4 Å². The van der Waals surface area contributed by atoms with Gasteiger partial charge in [-0.05, 0) is 60.2 Å². The van der Waals surface area contributed by atoms with Gasteiger partial charge in [-0.15, -0.1) is 11.3 Å². The molecule has 5 nitrogen and oxygen atoms in total. The summed E-state index contributed by atoms with van der Waals surface area (Å²) in [4.78, 5) is 16.9. The van der Waals surface area contributed by atoms with Gasteiger partial charge in [-0.2, -0.15) is 5.10 Å². The molecule has 2 aliphatic rings. The fourth-order valence-electron chi connectivity index (χ4n) is 5.41. The van der Waals surface area contributed by atoms with Crippen molar-refractivity contribution in [2.24, 2.45) is 7.05 Å². The molecule has 1 spiro atoms. The van der Waals surface area contributed by atoms with Gasteiger partial charge in [0.15, 0.2) is 0 Å². The van der Waals surface area contributed by atoms with E-state index in [0.29, 0.717) is 18.1 Å². The van der Waals surface area contributed by atoms with Crippen molar-refractivity contribution < 1.29 is 9.53 Å². The van der Waals surface area contributed by atoms with Crippen molar-refractivity contribution in [3.05, 3.63) is 92.8 Å². The van der Waals surface area contributed by atoms with Gasteiger partial charge in [0, 0.05) is 59.6 Å². The smallest absolute Gasteiger partial charge is 0.254 e. The Balaban J connectivity index is 1.23. The van der Waals surface area contributed by atoms with Gasteiger partial charge >= 0.3 is 0 Å². The third-order valence-corrected chi connectivity index (χ3v) is 8.43. The second-order valence-corrected chi connectivity index (χ2v) is 10.8. The van der Waals surface area contributed by atoms with Gasteiger partial charge in [0.2, 0.25) is 0 Å². The van der Waals surface area contributed by atoms with E-state index in [4.69, 9.17) is 16.3 Å². The lowest BCUT2D eigenvalue weighted by atomic mass is 9.81. The second-order valence-electron chi connectivity index (χ2n) is 9.30. The molecule has 0 N–H and O–H groups in total. The molecule has 1 fully saturated rings.